The minimum absolute atomic E-state index is 0.00968. The van der Waals surface area contributed by atoms with Crippen LogP contribution in [0.4, 0.5) is 10.1 Å². The predicted octanol–water partition coefficient (Wildman–Crippen LogP) is 3.55. The van der Waals surface area contributed by atoms with Crippen LogP contribution in [0.5, 0.6) is 0 Å². The molecule has 0 radical (unpaired) electrons. The highest BCUT2D eigenvalue weighted by molar-refractivity contribution is 7.99. The molecule has 1 N–H and O–H groups in total. The fourth-order valence-electron chi connectivity index (χ4n) is 3.16. The number of hydrogen-bond acceptors (Lipinski definition) is 4. The molecule has 0 aliphatic carbocycles. The van der Waals surface area contributed by atoms with Gasteiger partial charge in [0.25, 0.3) is 0 Å². The average Bonchev–Trinajstić information content (AvgIpc) is 2.50. The molecule has 0 aromatic heterocycles. The van der Waals surface area contributed by atoms with E-state index in [9.17, 15) is 4.39 Å². The number of nitrogens with zero attached hydrogens (tertiary/aromatic N) is 1. The van der Waals surface area contributed by atoms with Gasteiger partial charge < -0.3 is 10.1 Å². The van der Waals surface area contributed by atoms with E-state index in [0.29, 0.717) is 11.3 Å². The Balaban J connectivity index is 1.68. The summed E-state index contributed by atoms with van der Waals surface area (Å²) in [5.41, 5.74) is 0.830. The highest BCUT2D eigenvalue weighted by Gasteiger charge is 2.38. The first-order valence-electron chi connectivity index (χ1n) is 7.39. The number of thioether (sulfide) groups is 1. The second-order valence-electron chi connectivity index (χ2n) is 5.78. The van der Waals surface area contributed by atoms with Crippen molar-refractivity contribution in [3.63, 3.8) is 0 Å². The van der Waals surface area contributed by atoms with Gasteiger partial charge >= 0.3 is 0 Å². The van der Waals surface area contributed by atoms with Crippen LogP contribution in [0.25, 0.3) is 0 Å². The molecule has 2 saturated heterocycles. The summed E-state index contributed by atoms with van der Waals surface area (Å²) in [6, 6.07) is 6.79. The van der Waals surface area contributed by atoms with Crippen LogP contribution in [0, 0.1) is 17.1 Å². The van der Waals surface area contributed by atoms with Crippen molar-refractivity contribution in [2.75, 3.05) is 23.4 Å². The Bertz CT molecular complexity index is 546. The quantitative estimate of drug-likeness (QED) is 0.907. The molecule has 1 aromatic carbocycles. The molecule has 112 valence electrons. The maximum absolute atomic E-state index is 14.0. The highest BCUT2D eigenvalue weighted by atomic mass is 32.2. The normalized spacial score (nSPS) is 24.5. The van der Waals surface area contributed by atoms with Crippen LogP contribution < -0.4 is 5.32 Å². The number of anilines is 1. The molecular weight excluding hydrogens is 287 g/mol. The number of halogens is 1. The first-order chi connectivity index (χ1) is 10.2. The van der Waals surface area contributed by atoms with Crippen LogP contribution in [0.1, 0.15) is 31.2 Å². The predicted molar refractivity (Wildman–Crippen MR) is 83.0 cm³/mol. The van der Waals surface area contributed by atoms with Crippen molar-refractivity contribution >= 4 is 17.4 Å². The standard InChI is InChI=1S/C16H19FN2OS/c17-14-9-12(11-18)1-2-15(14)19-13-3-6-20-16(10-13)4-7-21-8-5-16/h1-2,9,13,19H,3-8,10H2. The van der Waals surface area contributed by atoms with Gasteiger partial charge in [0, 0.05) is 12.6 Å². The van der Waals surface area contributed by atoms with Gasteiger partial charge in [-0.05, 0) is 55.4 Å². The minimum Gasteiger partial charge on any atom is -0.380 e. The third kappa shape index (κ3) is 3.33. The van der Waals surface area contributed by atoms with E-state index in [1.165, 1.54) is 6.07 Å². The lowest BCUT2D eigenvalue weighted by Crippen LogP contribution is -2.46. The second kappa shape index (κ2) is 6.25. The second-order valence-corrected chi connectivity index (χ2v) is 7.01. The lowest BCUT2D eigenvalue weighted by atomic mass is 9.85. The van der Waals surface area contributed by atoms with E-state index in [1.807, 2.05) is 17.8 Å². The lowest BCUT2D eigenvalue weighted by molar-refractivity contribution is -0.0865. The van der Waals surface area contributed by atoms with Gasteiger partial charge in [-0.15, -0.1) is 0 Å². The van der Waals surface area contributed by atoms with Gasteiger partial charge in [-0.1, -0.05) is 0 Å². The zero-order valence-electron chi connectivity index (χ0n) is 11.9. The first-order valence-corrected chi connectivity index (χ1v) is 8.54. The van der Waals surface area contributed by atoms with Crippen molar-refractivity contribution in [1.82, 2.24) is 0 Å². The molecule has 2 fully saturated rings. The third-order valence-corrected chi connectivity index (χ3v) is 5.34. The van der Waals surface area contributed by atoms with Crippen molar-refractivity contribution in [2.45, 2.75) is 37.3 Å². The Labute approximate surface area is 128 Å². The van der Waals surface area contributed by atoms with Crippen molar-refractivity contribution in [3.8, 4) is 6.07 Å². The van der Waals surface area contributed by atoms with E-state index in [1.54, 1.807) is 12.1 Å². The number of hydrogen-bond donors (Lipinski definition) is 1. The Morgan fingerprint density at radius 3 is 2.90 bits per heavy atom. The molecule has 21 heavy (non-hydrogen) atoms. The van der Waals surface area contributed by atoms with Gasteiger partial charge in [-0.3, -0.25) is 0 Å². The van der Waals surface area contributed by atoms with E-state index in [2.05, 4.69) is 5.32 Å². The summed E-state index contributed by atoms with van der Waals surface area (Å²) in [7, 11) is 0. The van der Waals surface area contributed by atoms with Gasteiger partial charge in [0.05, 0.1) is 22.9 Å². The maximum Gasteiger partial charge on any atom is 0.147 e. The fraction of sp³-hybridized carbons (Fsp3) is 0.562. The van der Waals surface area contributed by atoms with Gasteiger partial charge in [0.1, 0.15) is 5.82 Å². The summed E-state index contributed by atoms with van der Waals surface area (Å²) in [4.78, 5) is 0. The van der Waals surface area contributed by atoms with Crippen LogP contribution in [0.15, 0.2) is 18.2 Å². The Morgan fingerprint density at radius 2 is 2.19 bits per heavy atom. The van der Waals surface area contributed by atoms with Gasteiger partial charge in [-0.2, -0.15) is 17.0 Å². The molecule has 2 aliphatic rings. The van der Waals surface area contributed by atoms with E-state index >= 15 is 0 Å². The first kappa shape index (κ1) is 14.7. The van der Waals surface area contributed by atoms with Crippen LogP contribution in [-0.2, 0) is 4.74 Å². The molecule has 0 saturated carbocycles. The summed E-state index contributed by atoms with van der Waals surface area (Å²) in [6.45, 7) is 0.736. The Hall–Kier alpha value is -1.25. The molecule has 3 nitrogen and oxygen atoms in total. The van der Waals surface area contributed by atoms with Crippen molar-refractivity contribution < 1.29 is 9.13 Å². The zero-order chi connectivity index (χ0) is 14.7. The van der Waals surface area contributed by atoms with Gasteiger partial charge in [0.2, 0.25) is 0 Å². The summed E-state index contributed by atoms with van der Waals surface area (Å²) in [5, 5.41) is 12.1. The van der Waals surface area contributed by atoms with Crippen LogP contribution >= 0.6 is 11.8 Å². The highest BCUT2D eigenvalue weighted by Crippen LogP contribution is 2.38. The number of nitrogens with one attached hydrogen (secondary N) is 1. The van der Waals surface area contributed by atoms with E-state index in [0.717, 1.165) is 43.8 Å². The number of nitriles is 1. The maximum atomic E-state index is 14.0. The number of benzene rings is 1. The fourth-order valence-corrected chi connectivity index (χ4v) is 4.40. The monoisotopic (exact) mass is 306 g/mol. The Morgan fingerprint density at radius 1 is 1.38 bits per heavy atom. The topological polar surface area (TPSA) is 45.0 Å². The molecule has 1 atom stereocenters. The van der Waals surface area contributed by atoms with Gasteiger partial charge in [0.15, 0.2) is 0 Å². The summed E-state index contributed by atoms with van der Waals surface area (Å²) < 4.78 is 20.0. The van der Waals surface area contributed by atoms with E-state index in [4.69, 9.17) is 10.00 Å². The summed E-state index contributed by atoms with van der Waals surface area (Å²) in [6.07, 6.45) is 4.01. The van der Waals surface area contributed by atoms with Crippen LogP contribution in [-0.4, -0.2) is 29.8 Å². The molecule has 1 spiro atoms. The van der Waals surface area contributed by atoms with Crippen molar-refractivity contribution in [1.29, 1.82) is 5.26 Å². The third-order valence-electron chi connectivity index (χ3n) is 4.35. The Kier molecular flexibility index (Phi) is 4.37. The molecule has 2 heterocycles. The average molecular weight is 306 g/mol. The molecule has 2 aliphatic heterocycles. The largest absolute Gasteiger partial charge is 0.380 e. The van der Waals surface area contributed by atoms with E-state index in [-0.39, 0.29) is 17.5 Å². The summed E-state index contributed by atoms with van der Waals surface area (Å²) in [5.74, 6) is 1.95. The van der Waals surface area contributed by atoms with Gasteiger partial charge in [-0.25, -0.2) is 4.39 Å². The smallest absolute Gasteiger partial charge is 0.147 e. The lowest BCUT2D eigenvalue weighted by Gasteiger charge is -2.43. The molecule has 5 heteroatoms. The molecule has 1 unspecified atom stereocenters. The van der Waals surface area contributed by atoms with E-state index < -0.39 is 0 Å². The number of rotatable bonds is 2. The molecule has 3 rings (SSSR count). The van der Waals surface area contributed by atoms with Crippen LogP contribution in [0.2, 0.25) is 0 Å². The summed E-state index contributed by atoms with van der Waals surface area (Å²) >= 11 is 1.98. The molecule has 0 amide bonds. The van der Waals surface area contributed by atoms with Crippen LogP contribution in [0.3, 0.4) is 0 Å². The SMILES string of the molecule is N#Cc1ccc(NC2CCOC3(CCSCC3)C2)c(F)c1. The number of ether oxygens (including phenoxy) is 1. The zero-order valence-corrected chi connectivity index (χ0v) is 12.7. The van der Waals surface area contributed by atoms with Crippen molar-refractivity contribution in [3.05, 3.63) is 29.6 Å². The molecule has 0 bridgehead atoms. The van der Waals surface area contributed by atoms with Crippen molar-refractivity contribution in [2.24, 2.45) is 0 Å². The molecule has 1 aromatic rings. The minimum atomic E-state index is -0.353. The molecular formula is C16H19FN2OS.